The van der Waals surface area contributed by atoms with Gasteiger partial charge in [-0.3, -0.25) is 0 Å². The Kier molecular flexibility index (Phi) is 4.74. The number of carboxylic acids is 1. The van der Waals surface area contributed by atoms with Crippen LogP contribution in [0.15, 0.2) is 18.2 Å². The summed E-state index contributed by atoms with van der Waals surface area (Å²) in [5.41, 5.74) is 0.0996. The lowest BCUT2D eigenvalue weighted by atomic mass is 10.1. The number of carboxylic acid groups (broad SMARTS) is 1. The van der Waals surface area contributed by atoms with Crippen molar-refractivity contribution in [2.24, 2.45) is 0 Å². The van der Waals surface area contributed by atoms with E-state index in [9.17, 15) is 4.79 Å². The Hall–Kier alpha value is 0.430. The number of aromatic carboxylic acids is 1. The van der Waals surface area contributed by atoms with Crippen LogP contribution in [0.5, 0.6) is 0 Å². The van der Waals surface area contributed by atoms with Gasteiger partial charge in [-0.15, -0.1) is 0 Å². The highest BCUT2D eigenvalue weighted by Crippen LogP contribution is 2.43. The van der Waals surface area contributed by atoms with Crippen LogP contribution in [0.2, 0.25) is 0 Å². The first-order valence-corrected chi connectivity index (χ1v) is 6.31. The van der Waals surface area contributed by atoms with Gasteiger partial charge in [0, 0.05) is 11.1 Å². The summed E-state index contributed by atoms with van der Waals surface area (Å²) < 4.78 is -3.59. The van der Waals surface area contributed by atoms with Crippen LogP contribution in [0.1, 0.15) is 21.5 Å². The number of carbonyl (C=O) groups is 1. The molecule has 0 bridgehead atoms. The Morgan fingerprint density at radius 3 is 1.47 bits per heavy atom. The first kappa shape index (κ1) is 15.5. The van der Waals surface area contributed by atoms with Crippen molar-refractivity contribution in [1.29, 1.82) is 0 Å². The fourth-order valence-corrected chi connectivity index (χ4v) is 1.73. The predicted molar refractivity (Wildman–Crippen MR) is 71.9 cm³/mol. The number of hydrogen-bond acceptors (Lipinski definition) is 1. The highest BCUT2D eigenvalue weighted by molar-refractivity contribution is 6.67. The lowest BCUT2D eigenvalue weighted by molar-refractivity contribution is 0.0696. The van der Waals surface area contributed by atoms with Gasteiger partial charge in [-0.2, -0.15) is 0 Å². The SMILES string of the molecule is O=C(O)c1cc(C(Cl)(Cl)Cl)cc(C(Cl)(Cl)Cl)c1. The number of alkyl halides is 6. The molecule has 0 fully saturated rings. The van der Waals surface area contributed by atoms with Crippen LogP contribution in [0, 0.1) is 0 Å². The van der Waals surface area contributed by atoms with Gasteiger partial charge in [-0.1, -0.05) is 69.6 Å². The van der Waals surface area contributed by atoms with Gasteiger partial charge in [0.1, 0.15) is 0 Å². The number of halogens is 6. The molecular weight excluding hydrogens is 353 g/mol. The van der Waals surface area contributed by atoms with Gasteiger partial charge in [0.15, 0.2) is 0 Å². The van der Waals surface area contributed by atoms with Gasteiger partial charge in [-0.25, -0.2) is 4.79 Å². The molecular formula is C9H4Cl6O2. The summed E-state index contributed by atoms with van der Waals surface area (Å²) in [6.45, 7) is 0. The average molecular weight is 357 g/mol. The molecule has 0 radical (unpaired) electrons. The summed E-state index contributed by atoms with van der Waals surface area (Å²) in [5, 5.41) is 8.91. The van der Waals surface area contributed by atoms with E-state index in [1.165, 1.54) is 18.2 Å². The minimum atomic E-state index is -1.80. The zero-order valence-corrected chi connectivity index (χ0v) is 12.4. The summed E-state index contributed by atoms with van der Waals surface area (Å²) in [5.74, 6) is -1.21. The fraction of sp³-hybridized carbons (Fsp3) is 0.222. The molecule has 1 rings (SSSR count). The Morgan fingerprint density at radius 1 is 0.882 bits per heavy atom. The zero-order chi connectivity index (χ0) is 13.4. The second-order valence-electron chi connectivity index (χ2n) is 3.10. The third-order valence-corrected chi connectivity index (χ3v) is 3.14. The Labute approximate surface area is 127 Å². The lowest BCUT2D eigenvalue weighted by Gasteiger charge is -2.17. The van der Waals surface area contributed by atoms with E-state index in [0.717, 1.165) is 0 Å². The lowest BCUT2D eigenvalue weighted by Crippen LogP contribution is -2.09. The largest absolute Gasteiger partial charge is 0.478 e. The second kappa shape index (κ2) is 5.20. The van der Waals surface area contributed by atoms with E-state index in [1.807, 2.05) is 0 Å². The summed E-state index contributed by atoms with van der Waals surface area (Å²) in [6, 6.07) is 3.73. The molecule has 0 unspecified atom stereocenters. The van der Waals surface area contributed by atoms with Gasteiger partial charge in [0.25, 0.3) is 0 Å². The molecule has 0 aliphatic carbocycles. The van der Waals surface area contributed by atoms with Crippen molar-refractivity contribution in [2.75, 3.05) is 0 Å². The van der Waals surface area contributed by atoms with Crippen LogP contribution >= 0.6 is 69.6 Å². The first-order chi connectivity index (χ1) is 7.51. The van der Waals surface area contributed by atoms with Crippen molar-refractivity contribution in [3.05, 3.63) is 34.9 Å². The molecule has 0 aliphatic heterocycles. The van der Waals surface area contributed by atoms with E-state index in [1.54, 1.807) is 0 Å². The summed E-state index contributed by atoms with van der Waals surface area (Å²) in [6.07, 6.45) is 0. The normalized spacial score (nSPS) is 12.6. The molecule has 94 valence electrons. The van der Waals surface area contributed by atoms with Crippen molar-refractivity contribution in [3.63, 3.8) is 0 Å². The molecule has 8 heteroatoms. The average Bonchev–Trinajstić information content (AvgIpc) is 2.14. The maximum Gasteiger partial charge on any atom is 0.335 e. The van der Waals surface area contributed by atoms with E-state index in [-0.39, 0.29) is 16.7 Å². The summed E-state index contributed by atoms with van der Waals surface area (Å²) in [7, 11) is 0. The van der Waals surface area contributed by atoms with Crippen LogP contribution in [0.3, 0.4) is 0 Å². The minimum Gasteiger partial charge on any atom is -0.478 e. The van der Waals surface area contributed by atoms with Crippen LogP contribution in [-0.2, 0) is 7.59 Å². The molecule has 0 aromatic heterocycles. The summed E-state index contributed by atoms with van der Waals surface area (Å²) >= 11 is 34.0. The standard InChI is InChI=1S/C9H4Cl6O2/c10-8(11,12)5-1-4(7(16)17)2-6(3-5)9(13,14)15/h1-3H,(H,16,17). The van der Waals surface area contributed by atoms with Crippen molar-refractivity contribution in [1.82, 2.24) is 0 Å². The van der Waals surface area contributed by atoms with Crippen molar-refractivity contribution >= 4 is 75.6 Å². The molecule has 0 saturated carbocycles. The van der Waals surface area contributed by atoms with Crippen LogP contribution in [0.4, 0.5) is 0 Å². The van der Waals surface area contributed by atoms with Gasteiger partial charge in [-0.05, 0) is 18.2 Å². The maximum atomic E-state index is 10.9. The highest BCUT2D eigenvalue weighted by atomic mass is 35.6. The van der Waals surface area contributed by atoms with E-state index in [0.29, 0.717) is 0 Å². The van der Waals surface area contributed by atoms with Crippen molar-refractivity contribution in [2.45, 2.75) is 7.59 Å². The maximum absolute atomic E-state index is 10.9. The summed E-state index contributed by atoms with van der Waals surface area (Å²) in [4.78, 5) is 10.9. The highest BCUT2D eigenvalue weighted by Gasteiger charge is 2.30. The molecule has 17 heavy (non-hydrogen) atoms. The van der Waals surface area contributed by atoms with E-state index in [2.05, 4.69) is 0 Å². The molecule has 0 saturated heterocycles. The second-order valence-corrected chi connectivity index (χ2v) is 7.66. The molecule has 0 atom stereocenters. The van der Waals surface area contributed by atoms with Gasteiger partial charge in [0.2, 0.25) is 7.59 Å². The third-order valence-electron chi connectivity index (χ3n) is 1.83. The molecule has 1 aromatic rings. The van der Waals surface area contributed by atoms with E-state index >= 15 is 0 Å². The molecule has 0 spiro atoms. The monoisotopic (exact) mass is 354 g/mol. The van der Waals surface area contributed by atoms with Gasteiger partial charge < -0.3 is 5.11 Å². The van der Waals surface area contributed by atoms with Crippen LogP contribution in [0.25, 0.3) is 0 Å². The van der Waals surface area contributed by atoms with Crippen LogP contribution < -0.4 is 0 Å². The Balaban J connectivity index is 3.45. The van der Waals surface area contributed by atoms with Crippen molar-refractivity contribution in [3.8, 4) is 0 Å². The van der Waals surface area contributed by atoms with E-state index in [4.69, 9.17) is 74.7 Å². The quantitative estimate of drug-likeness (QED) is 0.716. The fourth-order valence-electron chi connectivity index (χ4n) is 1.08. The Morgan fingerprint density at radius 2 is 1.24 bits per heavy atom. The van der Waals surface area contributed by atoms with Gasteiger partial charge >= 0.3 is 5.97 Å². The Bertz CT molecular complexity index is 414. The topological polar surface area (TPSA) is 37.3 Å². The molecule has 0 amide bonds. The molecule has 1 N–H and O–H groups in total. The number of benzene rings is 1. The molecule has 0 heterocycles. The minimum absolute atomic E-state index is 0.115. The molecule has 0 aliphatic rings. The van der Waals surface area contributed by atoms with Gasteiger partial charge in [0.05, 0.1) is 5.56 Å². The van der Waals surface area contributed by atoms with E-state index < -0.39 is 13.6 Å². The number of rotatable bonds is 1. The molecule has 2 nitrogen and oxygen atoms in total. The predicted octanol–water partition coefficient (Wildman–Crippen LogP) is 5.04. The van der Waals surface area contributed by atoms with Crippen LogP contribution in [-0.4, -0.2) is 11.1 Å². The third kappa shape index (κ3) is 4.23. The number of hydrogen-bond donors (Lipinski definition) is 1. The molecule has 1 aromatic carbocycles. The first-order valence-electron chi connectivity index (χ1n) is 4.04. The van der Waals surface area contributed by atoms with Crippen molar-refractivity contribution < 1.29 is 9.90 Å². The zero-order valence-electron chi connectivity index (χ0n) is 7.86. The smallest absolute Gasteiger partial charge is 0.335 e.